The van der Waals surface area contributed by atoms with Crippen molar-refractivity contribution in [3.05, 3.63) is 51.7 Å². The number of nitrogens with zero attached hydrogens (tertiary/aromatic N) is 2. The zero-order chi connectivity index (χ0) is 18.9. The molecule has 0 N–H and O–H groups in total. The fourth-order valence-electron chi connectivity index (χ4n) is 3.45. The molecular weight excluding hydrogens is 368 g/mol. The van der Waals surface area contributed by atoms with Crippen molar-refractivity contribution in [2.24, 2.45) is 0 Å². The normalized spacial score (nSPS) is 17.4. The van der Waals surface area contributed by atoms with Crippen LogP contribution in [0.25, 0.3) is 0 Å². The van der Waals surface area contributed by atoms with E-state index in [1.165, 1.54) is 20.8 Å². The maximum atomic E-state index is 13.1. The van der Waals surface area contributed by atoms with E-state index >= 15 is 0 Å². The van der Waals surface area contributed by atoms with Crippen molar-refractivity contribution in [2.45, 2.75) is 38.1 Å². The second-order valence-electron chi connectivity index (χ2n) is 6.34. The van der Waals surface area contributed by atoms with Gasteiger partial charge in [-0.1, -0.05) is 19.9 Å². The van der Waals surface area contributed by atoms with Gasteiger partial charge in [-0.25, -0.2) is 8.42 Å². The average molecular weight is 393 g/mol. The smallest absolute Gasteiger partial charge is 0.254 e. The number of hydrogen-bond acceptors (Lipinski definition) is 4. The van der Waals surface area contributed by atoms with Gasteiger partial charge in [0.05, 0.1) is 10.9 Å². The number of benzene rings is 1. The number of fused-ring (bicyclic) bond motifs is 1. The van der Waals surface area contributed by atoms with Gasteiger partial charge in [0.15, 0.2) is 0 Å². The third-order valence-corrected chi connectivity index (χ3v) is 8.00. The number of carbonyl (C=O) groups excluding carboxylic acids is 1. The summed E-state index contributed by atoms with van der Waals surface area (Å²) in [6, 6.07) is 8.48. The second-order valence-corrected chi connectivity index (χ2v) is 9.28. The van der Waals surface area contributed by atoms with Crippen molar-refractivity contribution < 1.29 is 13.2 Å². The summed E-state index contributed by atoms with van der Waals surface area (Å²) >= 11 is 1.73. The standard InChI is InChI=1S/C19H24N2O3S2/c1-4-20(5-2)26(23,24)16-8-6-7-15(13-16)19(22)21-11-9-18-17(14(21)3)10-12-25-18/h6-8,10,12-14H,4-5,9,11H2,1-3H3/t14-/m1/s1. The number of hydrogen-bond donors (Lipinski definition) is 0. The molecule has 1 aliphatic heterocycles. The highest BCUT2D eigenvalue weighted by atomic mass is 32.2. The Morgan fingerprint density at radius 2 is 2.00 bits per heavy atom. The van der Waals surface area contributed by atoms with Crippen LogP contribution >= 0.6 is 11.3 Å². The summed E-state index contributed by atoms with van der Waals surface area (Å²) in [5.41, 5.74) is 1.62. The van der Waals surface area contributed by atoms with Crippen molar-refractivity contribution in [1.29, 1.82) is 0 Å². The molecule has 5 nitrogen and oxygen atoms in total. The second kappa shape index (κ2) is 7.50. The summed E-state index contributed by atoms with van der Waals surface area (Å²) in [7, 11) is -3.58. The molecule has 140 valence electrons. The number of thiophene rings is 1. The van der Waals surface area contributed by atoms with Gasteiger partial charge in [0.25, 0.3) is 5.91 Å². The highest BCUT2D eigenvalue weighted by Crippen LogP contribution is 2.33. The molecule has 1 aromatic carbocycles. The Morgan fingerprint density at radius 1 is 1.27 bits per heavy atom. The first-order chi connectivity index (χ1) is 12.4. The van der Waals surface area contributed by atoms with Crippen molar-refractivity contribution >= 4 is 27.3 Å². The Morgan fingerprint density at radius 3 is 2.69 bits per heavy atom. The van der Waals surface area contributed by atoms with Crippen LogP contribution in [0.15, 0.2) is 40.6 Å². The topological polar surface area (TPSA) is 57.7 Å². The zero-order valence-electron chi connectivity index (χ0n) is 15.3. The molecular formula is C19H24N2O3S2. The van der Waals surface area contributed by atoms with Gasteiger partial charge >= 0.3 is 0 Å². The quantitative estimate of drug-likeness (QED) is 0.782. The van der Waals surface area contributed by atoms with E-state index in [0.717, 1.165) is 6.42 Å². The maximum Gasteiger partial charge on any atom is 0.254 e. The van der Waals surface area contributed by atoms with Crippen LogP contribution in [0.3, 0.4) is 0 Å². The van der Waals surface area contributed by atoms with Crippen LogP contribution in [-0.2, 0) is 16.4 Å². The van der Waals surface area contributed by atoms with Gasteiger partial charge in [-0.3, -0.25) is 4.79 Å². The first kappa shape index (κ1) is 19.1. The Hall–Kier alpha value is -1.70. The lowest BCUT2D eigenvalue weighted by Gasteiger charge is -2.33. The molecule has 0 fully saturated rings. The van der Waals surface area contributed by atoms with Crippen LogP contribution in [-0.4, -0.2) is 43.2 Å². The van der Waals surface area contributed by atoms with E-state index in [9.17, 15) is 13.2 Å². The molecule has 1 aromatic heterocycles. The molecule has 26 heavy (non-hydrogen) atoms. The third kappa shape index (κ3) is 3.31. The van der Waals surface area contributed by atoms with E-state index in [1.54, 1.807) is 29.5 Å². The van der Waals surface area contributed by atoms with Crippen LogP contribution in [0.2, 0.25) is 0 Å². The van der Waals surface area contributed by atoms with Gasteiger partial charge in [0.2, 0.25) is 10.0 Å². The molecule has 0 saturated heterocycles. The molecule has 2 heterocycles. The van der Waals surface area contributed by atoms with E-state index in [1.807, 2.05) is 25.7 Å². The fourth-order valence-corrected chi connectivity index (χ4v) is 5.92. The van der Waals surface area contributed by atoms with E-state index in [-0.39, 0.29) is 16.8 Å². The van der Waals surface area contributed by atoms with E-state index in [4.69, 9.17) is 0 Å². The molecule has 0 bridgehead atoms. The Kier molecular flexibility index (Phi) is 5.50. The lowest BCUT2D eigenvalue weighted by Crippen LogP contribution is -2.38. The van der Waals surface area contributed by atoms with E-state index in [2.05, 4.69) is 11.4 Å². The predicted molar refractivity (Wildman–Crippen MR) is 104 cm³/mol. The van der Waals surface area contributed by atoms with Gasteiger partial charge < -0.3 is 4.90 Å². The van der Waals surface area contributed by atoms with Gasteiger partial charge in [-0.15, -0.1) is 11.3 Å². The summed E-state index contributed by atoms with van der Waals surface area (Å²) in [4.78, 5) is 16.4. The first-order valence-corrected chi connectivity index (χ1v) is 11.2. The average Bonchev–Trinajstić information content (AvgIpc) is 3.12. The molecule has 0 radical (unpaired) electrons. The minimum absolute atomic E-state index is 0.000505. The highest BCUT2D eigenvalue weighted by molar-refractivity contribution is 7.89. The summed E-state index contributed by atoms with van der Waals surface area (Å²) < 4.78 is 26.9. The molecule has 2 aromatic rings. The number of sulfonamides is 1. The molecule has 0 unspecified atom stereocenters. The lowest BCUT2D eigenvalue weighted by molar-refractivity contribution is 0.0679. The molecule has 0 spiro atoms. The number of rotatable bonds is 5. The predicted octanol–water partition coefficient (Wildman–Crippen LogP) is 3.54. The van der Waals surface area contributed by atoms with Crippen LogP contribution in [0.4, 0.5) is 0 Å². The molecule has 1 amide bonds. The van der Waals surface area contributed by atoms with E-state index < -0.39 is 10.0 Å². The van der Waals surface area contributed by atoms with Gasteiger partial charge in [-0.2, -0.15) is 4.31 Å². The van der Waals surface area contributed by atoms with Crippen molar-refractivity contribution in [1.82, 2.24) is 9.21 Å². The van der Waals surface area contributed by atoms with E-state index in [0.29, 0.717) is 25.2 Å². The maximum absolute atomic E-state index is 13.1. The number of amides is 1. The molecule has 7 heteroatoms. The summed E-state index contributed by atoms with van der Waals surface area (Å²) in [5, 5.41) is 2.06. The Balaban J connectivity index is 1.90. The van der Waals surface area contributed by atoms with Crippen molar-refractivity contribution in [3.63, 3.8) is 0 Å². The van der Waals surface area contributed by atoms with Crippen molar-refractivity contribution in [2.75, 3.05) is 19.6 Å². The minimum Gasteiger partial charge on any atom is -0.331 e. The van der Waals surface area contributed by atoms with Crippen LogP contribution in [0, 0.1) is 0 Å². The van der Waals surface area contributed by atoms with Gasteiger partial charge in [0.1, 0.15) is 0 Å². The monoisotopic (exact) mass is 392 g/mol. The van der Waals surface area contributed by atoms with Crippen LogP contribution in [0.1, 0.15) is 47.6 Å². The molecule has 0 saturated carbocycles. The largest absolute Gasteiger partial charge is 0.331 e. The summed E-state index contributed by atoms with van der Waals surface area (Å²) in [6.07, 6.45) is 0.848. The van der Waals surface area contributed by atoms with Crippen LogP contribution < -0.4 is 0 Å². The molecule has 1 atom stereocenters. The minimum atomic E-state index is -3.58. The van der Waals surface area contributed by atoms with Crippen molar-refractivity contribution in [3.8, 4) is 0 Å². The highest BCUT2D eigenvalue weighted by Gasteiger charge is 2.30. The fraction of sp³-hybridized carbons (Fsp3) is 0.421. The number of carbonyl (C=O) groups is 1. The molecule has 1 aliphatic rings. The Bertz CT molecular complexity index is 901. The third-order valence-electron chi connectivity index (χ3n) is 4.96. The Labute approximate surface area is 159 Å². The first-order valence-electron chi connectivity index (χ1n) is 8.87. The van der Waals surface area contributed by atoms with Gasteiger partial charge in [0, 0.05) is 30.1 Å². The van der Waals surface area contributed by atoms with Crippen LogP contribution in [0.5, 0.6) is 0 Å². The molecule has 3 rings (SSSR count). The molecule has 0 aliphatic carbocycles. The lowest BCUT2D eigenvalue weighted by atomic mass is 10.0. The summed E-state index contributed by atoms with van der Waals surface area (Å²) in [5.74, 6) is -0.119. The zero-order valence-corrected chi connectivity index (χ0v) is 16.9. The summed E-state index contributed by atoms with van der Waals surface area (Å²) in [6.45, 7) is 7.11. The van der Waals surface area contributed by atoms with Gasteiger partial charge in [-0.05, 0) is 48.6 Å². The SMILES string of the molecule is CCN(CC)S(=O)(=O)c1cccc(C(=O)N2CCc3sccc3[C@H]2C)c1.